The molecule has 2 aromatic carbocycles. The Morgan fingerprint density at radius 2 is 1.85 bits per heavy atom. The summed E-state index contributed by atoms with van der Waals surface area (Å²) in [4.78, 5) is 31.4. The van der Waals surface area contributed by atoms with Crippen molar-refractivity contribution >= 4 is 39.1 Å². The summed E-state index contributed by atoms with van der Waals surface area (Å²) in [6.07, 6.45) is 1.63. The lowest BCUT2D eigenvalue weighted by Crippen LogP contribution is -2.49. The summed E-state index contributed by atoms with van der Waals surface area (Å²) in [6.45, 7) is 5.73. The van der Waals surface area contributed by atoms with E-state index >= 15 is 0 Å². The number of hydrogen-bond acceptors (Lipinski definition) is 4. The average molecular weight is 367 g/mol. The minimum absolute atomic E-state index is 0.0366. The van der Waals surface area contributed by atoms with Crippen molar-refractivity contribution in [2.75, 3.05) is 11.9 Å². The van der Waals surface area contributed by atoms with E-state index in [1.165, 1.54) is 11.3 Å². The summed E-state index contributed by atoms with van der Waals surface area (Å²) in [5.74, 6) is -0.424. The van der Waals surface area contributed by atoms with Gasteiger partial charge in [0.15, 0.2) is 5.13 Å². The van der Waals surface area contributed by atoms with Crippen LogP contribution < -0.4 is 5.32 Å². The van der Waals surface area contributed by atoms with Gasteiger partial charge in [0.05, 0.1) is 0 Å². The van der Waals surface area contributed by atoms with Gasteiger partial charge in [-0.2, -0.15) is 0 Å². The molecule has 6 heteroatoms. The van der Waals surface area contributed by atoms with E-state index in [1.54, 1.807) is 16.5 Å². The number of aromatic nitrogens is 1. The van der Waals surface area contributed by atoms with E-state index < -0.39 is 5.54 Å². The number of fused-ring (bicyclic) bond motifs is 1. The van der Waals surface area contributed by atoms with Crippen molar-refractivity contribution in [2.24, 2.45) is 0 Å². The maximum Gasteiger partial charge on any atom is 0.255 e. The first-order valence-corrected chi connectivity index (χ1v) is 9.23. The van der Waals surface area contributed by atoms with Crippen LogP contribution in [-0.4, -0.2) is 33.8 Å². The Morgan fingerprint density at radius 3 is 2.54 bits per heavy atom. The fourth-order valence-electron chi connectivity index (χ4n) is 2.76. The Balaban J connectivity index is 1.89. The smallest absolute Gasteiger partial charge is 0.255 e. The first-order valence-electron chi connectivity index (χ1n) is 8.35. The van der Waals surface area contributed by atoms with E-state index in [1.807, 2.05) is 63.2 Å². The molecule has 0 saturated carbocycles. The van der Waals surface area contributed by atoms with Crippen LogP contribution in [0, 0.1) is 0 Å². The van der Waals surface area contributed by atoms with Gasteiger partial charge in [0.1, 0.15) is 6.54 Å². The van der Waals surface area contributed by atoms with Gasteiger partial charge in [-0.1, -0.05) is 36.4 Å². The molecular formula is C20H21N3O2S. The lowest BCUT2D eigenvalue weighted by Gasteiger charge is -2.35. The molecule has 0 aliphatic heterocycles. The summed E-state index contributed by atoms with van der Waals surface area (Å²) in [5, 5.41) is 6.95. The molecule has 2 amide bonds. The van der Waals surface area contributed by atoms with E-state index in [4.69, 9.17) is 0 Å². The lowest BCUT2D eigenvalue weighted by molar-refractivity contribution is -0.117. The molecule has 0 saturated heterocycles. The third-order valence-electron chi connectivity index (χ3n) is 4.06. The predicted molar refractivity (Wildman–Crippen MR) is 105 cm³/mol. The molecule has 1 heterocycles. The van der Waals surface area contributed by atoms with E-state index in [9.17, 15) is 9.59 Å². The van der Waals surface area contributed by atoms with E-state index in [0.717, 1.165) is 10.8 Å². The second-order valence-corrected chi connectivity index (χ2v) is 7.87. The van der Waals surface area contributed by atoms with Crippen LogP contribution in [0.25, 0.3) is 10.8 Å². The Bertz CT molecular complexity index is 924. The van der Waals surface area contributed by atoms with Crippen LogP contribution in [0.1, 0.15) is 31.1 Å². The maximum absolute atomic E-state index is 13.3. The van der Waals surface area contributed by atoms with Gasteiger partial charge in [0.2, 0.25) is 5.91 Å². The number of amides is 2. The molecule has 1 aromatic heterocycles. The van der Waals surface area contributed by atoms with Gasteiger partial charge in [-0.15, -0.1) is 11.3 Å². The van der Waals surface area contributed by atoms with Gasteiger partial charge < -0.3 is 10.2 Å². The highest BCUT2D eigenvalue weighted by molar-refractivity contribution is 7.13. The van der Waals surface area contributed by atoms with E-state index in [0.29, 0.717) is 10.7 Å². The van der Waals surface area contributed by atoms with Crippen molar-refractivity contribution in [3.05, 3.63) is 59.6 Å². The first-order chi connectivity index (χ1) is 12.4. The van der Waals surface area contributed by atoms with Crippen LogP contribution in [0.4, 0.5) is 5.13 Å². The molecule has 0 bridgehead atoms. The van der Waals surface area contributed by atoms with E-state index in [2.05, 4.69) is 10.3 Å². The molecule has 26 heavy (non-hydrogen) atoms. The predicted octanol–water partition coefficient (Wildman–Crippen LogP) is 4.18. The minimum Gasteiger partial charge on any atom is -0.324 e. The Kier molecular flexibility index (Phi) is 5.04. The molecule has 5 nitrogen and oxygen atoms in total. The van der Waals surface area contributed by atoms with Crippen molar-refractivity contribution in [1.29, 1.82) is 0 Å². The van der Waals surface area contributed by atoms with Crippen molar-refractivity contribution in [2.45, 2.75) is 26.3 Å². The number of hydrogen-bond donors (Lipinski definition) is 1. The largest absolute Gasteiger partial charge is 0.324 e. The van der Waals surface area contributed by atoms with Crippen molar-refractivity contribution < 1.29 is 9.59 Å². The third-order valence-corrected chi connectivity index (χ3v) is 4.74. The normalized spacial score (nSPS) is 11.3. The lowest BCUT2D eigenvalue weighted by atomic mass is 10.00. The highest BCUT2D eigenvalue weighted by Crippen LogP contribution is 2.24. The SMILES string of the molecule is CC(C)(C)N(CC(=O)Nc1nccs1)C(=O)c1cccc2ccccc12. The number of benzene rings is 2. The average Bonchev–Trinajstić information content (AvgIpc) is 3.10. The molecule has 0 aliphatic carbocycles. The summed E-state index contributed by atoms with van der Waals surface area (Å²) in [5.41, 5.74) is 0.0916. The zero-order valence-corrected chi connectivity index (χ0v) is 15.8. The third kappa shape index (κ3) is 3.91. The molecule has 0 aliphatic rings. The molecule has 0 unspecified atom stereocenters. The number of thiazole rings is 1. The second-order valence-electron chi connectivity index (χ2n) is 6.97. The van der Waals surface area contributed by atoms with Gasteiger partial charge >= 0.3 is 0 Å². The summed E-state index contributed by atoms with van der Waals surface area (Å²) < 4.78 is 0. The van der Waals surface area contributed by atoms with E-state index in [-0.39, 0.29) is 18.4 Å². The van der Waals surface area contributed by atoms with Gasteiger partial charge in [0, 0.05) is 22.7 Å². The van der Waals surface area contributed by atoms with Gasteiger partial charge in [-0.25, -0.2) is 4.98 Å². The first kappa shape index (κ1) is 18.1. The quantitative estimate of drug-likeness (QED) is 0.752. The summed E-state index contributed by atoms with van der Waals surface area (Å²) >= 11 is 1.35. The Hall–Kier alpha value is -2.73. The summed E-state index contributed by atoms with van der Waals surface area (Å²) in [6, 6.07) is 13.4. The van der Waals surface area contributed by atoms with Crippen molar-refractivity contribution in [1.82, 2.24) is 9.88 Å². The number of carbonyl (C=O) groups excluding carboxylic acids is 2. The van der Waals surface area contributed by atoms with Crippen LogP contribution in [0.3, 0.4) is 0 Å². The number of nitrogens with one attached hydrogen (secondary N) is 1. The fraction of sp³-hybridized carbons (Fsp3) is 0.250. The number of nitrogens with zero attached hydrogens (tertiary/aromatic N) is 2. The zero-order chi connectivity index (χ0) is 18.7. The summed E-state index contributed by atoms with van der Waals surface area (Å²) in [7, 11) is 0. The Morgan fingerprint density at radius 1 is 1.12 bits per heavy atom. The maximum atomic E-state index is 13.3. The van der Waals surface area contributed by atoms with Crippen LogP contribution in [0.5, 0.6) is 0 Å². The van der Waals surface area contributed by atoms with Gasteiger partial charge in [-0.3, -0.25) is 9.59 Å². The zero-order valence-electron chi connectivity index (χ0n) is 15.0. The van der Waals surface area contributed by atoms with Crippen LogP contribution in [0.15, 0.2) is 54.0 Å². The monoisotopic (exact) mass is 367 g/mol. The van der Waals surface area contributed by atoms with Gasteiger partial charge in [-0.05, 0) is 37.6 Å². The molecule has 0 atom stereocenters. The molecule has 3 aromatic rings. The van der Waals surface area contributed by atoms with Crippen LogP contribution in [0.2, 0.25) is 0 Å². The van der Waals surface area contributed by atoms with Gasteiger partial charge in [0.25, 0.3) is 5.91 Å². The fourth-order valence-corrected chi connectivity index (χ4v) is 3.30. The van der Waals surface area contributed by atoms with Crippen molar-refractivity contribution in [3.63, 3.8) is 0 Å². The van der Waals surface area contributed by atoms with Crippen LogP contribution in [-0.2, 0) is 4.79 Å². The molecule has 1 N–H and O–H groups in total. The van der Waals surface area contributed by atoms with Crippen LogP contribution >= 0.6 is 11.3 Å². The molecule has 0 radical (unpaired) electrons. The molecular weight excluding hydrogens is 346 g/mol. The molecule has 0 fully saturated rings. The Labute approximate surface area is 156 Å². The number of anilines is 1. The highest BCUT2D eigenvalue weighted by atomic mass is 32.1. The standard InChI is InChI=1S/C20H21N3O2S/c1-20(2,3)23(13-17(24)22-19-21-11-12-26-19)18(25)16-10-6-8-14-7-4-5-9-15(14)16/h4-12H,13H2,1-3H3,(H,21,22,24). The topological polar surface area (TPSA) is 62.3 Å². The molecule has 0 spiro atoms. The minimum atomic E-state index is -0.506. The highest BCUT2D eigenvalue weighted by Gasteiger charge is 2.30. The van der Waals surface area contributed by atoms with Crippen molar-refractivity contribution in [3.8, 4) is 0 Å². The number of rotatable bonds is 4. The molecule has 134 valence electrons. The second kappa shape index (κ2) is 7.25. The number of carbonyl (C=O) groups is 2. The molecule has 3 rings (SSSR count).